The molecule has 0 saturated carbocycles. The van der Waals surface area contributed by atoms with Crippen molar-refractivity contribution in [2.24, 2.45) is 0 Å². The average Bonchev–Trinajstić information content (AvgIpc) is 3.02. The van der Waals surface area contributed by atoms with E-state index in [2.05, 4.69) is 44.3 Å². The van der Waals surface area contributed by atoms with E-state index in [0.717, 1.165) is 36.0 Å². The van der Waals surface area contributed by atoms with Crippen molar-refractivity contribution in [2.45, 2.75) is 33.2 Å². The molecule has 0 spiro atoms. The van der Waals surface area contributed by atoms with Crippen molar-refractivity contribution in [1.29, 1.82) is 0 Å². The lowest BCUT2D eigenvalue weighted by Gasteiger charge is -2.16. The van der Waals surface area contributed by atoms with E-state index in [9.17, 15) is 0 Å². The number of ether oxygens (including phenoxy) is 1. The zero-order valence-electron chi connectivity index (χ0n) is 12.2. The van der Waals surface area contributed by atoms with E-state index in [1.165, 1.54) is 16.0 Å². The van der Waals surface area contributed by atoms with Gasteiger partial charge in [-0.25, -0.2) is 4.98 Å². The Morgan fingerprint density at radius 1 is 1.40 bits per heavy atom. The highest BCUT2D eigenvalue weighted by molar-refractivity contribution is 7.11. The van der Waals surface area contributed by atoms with E-state index in [0.29, 0.717) is 0 Å². The van der Waals surface area contributed by atoms with Crippen LogP contribution in [0.25, 0.3) is 0 Å². The first-order valence-corrected chi connectivity index (χ1v) is 7.93. The predicted molar refractivity (Wildman–Crippen MR) is 82.7 cm³/mol. The smallest absolute Gasteiger partial charge is 0.122 e. The van der Waals surface area contributed by atoms with Crippen molar-refractivity contribution in [3.8, 4) is 5.75 Å². The number of hydrogen-bond donors (Lipinski definition) is 1. The van der Waals surface area contributed by atoms with E-state index in [-0.39, 0.29) is 6.04 Å². The number of fused-ring (bicyclic) bond motifs is 1. The van der Waals surface area contributed by atoms with E-state index in [1.807, 2.05) is 0 Å². The third-order valence-corrected chi connectivity index (χ3v) is 4.88. The predicted octanol–water partition coefficient (Wildman–Crippen LogP) is 3.39. The number of aryl methyl sites for hydroxylation is 2. The molecule has 1 atom stereocenters. The quantitative estimate of drug-likeness (QED) is 0.936. The molecule has 20 heavy (non-hydrogen) atoms. The lowest BCUT2D eigenvalue weighted by atomic mass is 10.0. The lowest BCUT2D eigenvalue weighted by molar-refractivity contribution is 0.357. The zero-order valence-corrected chi connectivity index (χ0v) is 13.0. The molecule has 106 valence electrons. The van der Waals surface area contributed by atoms with Crippen molar-refractivity contribution in [1.82, 2.24) is 10.3 Å². The Morgan fingerprint density at radius 2 is 2.25 bits per heavy atom. The Morgan fingerprint density at radius 3 is 2.95 bits per heavy atom. The molecule has 2 aromatic rings. The van der Waals surface area contributed by atoms with Gasteiger partial charge in [0.15, 0.2) is 0 Å². The largest absolute Gasteiger partial charge is 0.493 e. The molecule has 1 aromatic heterocycles. The number of benzene rings is 1. The second-order valence-electron chi connectivity index (χ2n) is 5.15. The van der Waals surface area contributed by atoms with Crippen molar-refractivity contribution in [3.63, 3.8) is 0 Å². The Kier molecular flexibility index (Phi) is 3.76. The molecule has 1 aromatic carbocycles. The van der Waals surface area contributed by atoms with Gasteiger partial charge in [0.05, 0.1) is 18.3 Å². The molecule has 3 nitrogen and oxygen atoms in total. The maximum atomic E-state index is 5.59. The maximum absolute atomic E-state index is 5.59. The molecule has 2 heterocycles. The summed E-state index contributed by atoms with van der Waals surface area (Å²) in [4.78, 5) is 6.02. The molecule has 1 aliphatic rings. The minimum atomic E-state index is 0.184. The topological polar surface area (TPSA) is 34.1 Å². The number of rotatable bonds is 4. The average molecular weight is 288 g/mol. The van der Waals surface area contributed by atoms with Crippen LogP contribution >= 0.6 is 11.3 Å². The molecule has 0 radical (unpaired) electrons. The molecule has 1 unspecified atom stereocenters. The van der Waals surface area contributed by atoms with E-state index in [4.69, 9.17) is 9.72 Å². The van der Waals surface area contributed by atoms with Gasteiger partial charge in [0.2, 0.25) is 0 Å². The van der Waals surface area contributed by atoms with Crippen LogP contribution in [0.15, 0.2) is 18.2 Å². The van der Waals surface area contributed by atoms with E-state index >= 15 is 0 Å². The fourth-order valence-corrected chi connectivity index (χ4v) is 3.59. The number of thiazole rings is 1. The summed E-state index contributed by atoms with van der Waals surface area (Å²) in [5, 5.41) is 4.71. The molecule has 1 aliphatic heterocycles. The molecule has 4 heteroatoms. The van der Waals surface area contributed by atoms with Crippen LogP contribution in [0.4, 0.5) is 0 Å². The van der Waals surface area contributed by atoms with Gasteiger partial charge < -0.3 is 10.1 Å². The molecule has 0 amide bonds. The first-order chi connectivity index (χ1) is 9.69. The lowest BCUT2D eigenvalue weighted by Crippen LogP contribution is -2.22. The van der Waals surface area contributed by atoms with Crippen molar-refractivity contribution < 1.29 is 4.74 Å². The Hall–Kier alpha value is -1.39. The first-order valence-electron chi connectivity index (χ1n) is 7.12. The fraction of sp³-hybridized carbons (Fsp3) is 0.438. The molecular weight excluding hydrogens is 268 g/mol. The van der Waals surface area contributed by atoms with Crippen molar-refractivity contribution >= 4 is 11.3 Å². The summed E-state index contributed by atoms with van der Waals surface area (Å²) in [6, 6.07) is 6.70. The Labute approximate surface area is 124 Å². The van der Waals surface area contributed by atoms with Crippen LogP contribution < -0.4 is 10.1 Å². The summed E-state index contributed by atoms with van der Waals surface area (Å²) >= 11 is 1.79. The minimum absolute atomic E-state index is 0.184. The van der Waals surface area contributed by atoms with Crippen LogP contribution in [-0.4, -0.2) is 18.1 Å². The molecule has 0 fully saturated rings. The Balaban J connectivity index is 1.98. The van der Waals surface area contributed by atoms with E-state index in [1.54, 1.807) is 11.3 Å². The van der Waals surface area contributed by atoms with Gasteiger partial charge in [0.1, 0.15) is 10.8 Å². The normalized spacial score (nSPS) is 14.9. The van der Waals surface area contributed by atoms with E-state index < -0.39 is 0 Å². The van der Waals surface area contributed by atoms with Crippen LogP contribution in [0.1, 0.15) is 39.7 Å². The van der Waals surface area contributed by atoms with Crippen molar-refractivity contribution in [2.75, 3.05) is 13.2 Å². The fourth-order valence-electron chi connectivity index (χ4n) is 2.56. The molecule has 0 bridgehead atoms. The van der Waals surface area contributed by atoms with Crippen LogP contribution in [0.5, 0.6) is 5.75 Å². The highest BCUT2D eigenvalue weighted by atomic mass is 32.1. The molecular formula is C16H20N2OS. The summed E-state index contributed by atoms with van der Waals surface area (Å²) < 4.78 is 5.59. The molecule has 1 N–H and O–H groups in total. The second-order valence-corrected chi connectivity index (χ2v) is 6.38. The number of nitrogens with one attached hydrogen (secondary N) is 1. The van der Waals surface area contributed by atoms with Gasteiger partial charge >= 0.3 is 0 Å². The van der Waals surface area contributed by atoms with Crippen LogP contribution in [0.2, 0.25) is 0 Å². The molecule has 0 saturated heterocycles. The molecule has 3 rings (SSSR count). The van der Waals surface area contributed by atoms with Gasteiger partial charge in [-0.2, -0.15) is 0 Å². The van der Waals surface area contributed by atoms with Crippen LogP contribution in [0.3, 0.4) is 0 Å². The maximum Gasteiger partial charge on any atom is 0.122 e. The summed E-state index contributed by atoms with van der Waals surface area (Å²) in [5.41, 5.74) is 3.73. The number of aromatic nitrogens is 1. The van der Waals surface area contributed by atoms with Gasteiger partial charge in [0, 0.05) is 11.3 Å². The molecule has 0 aliphatic carbocycles. The van der Waals surface area contributed by atoms with Crippen molar-refractivity contribution in [3.05, 3.63) is 44.9 Å². The summed E-state index contributed by atoms with van der Waals surface area (Å²) in [7, 11) is 0. The SMILES string of the molecule is CCNC(c1ccc2c(c1)CCO2)c1nc(C)c(C)s1. The third kappa shape index (κ3) is 2.45. The van der Waals surface area contributed by atoms with Crippen LogP contribution in [0, 0.1) is 13.8 Å². The Bertz CT molecular complexity index is 601. The number of hydrogen-bond acceptors (Lipinski definition) is 4. The zero-order chi connectivity index (χ0) is 14.1. The summed E-state index contributed by atoms with van der Waals surface area (Å²) in [6.45, 7) is 8.08. The third-order valence-electron chi connectivity index (χ3n) is 3.75. The number of nitrogens with zero attached hydrogens (tertiary/aromatic N) is 1. The van der Waals surface area contributed by atoms with Gasteiger partial charge in [-0.05, 0) is 43.7 Å². The standard InChI is InChI=1S/C16H20N2OS/c1-4-17-15(16-18-10(2)11(3)20-16)13-5-6-14-12(9-13)7-8-19-14/h5-6,9,15,17H,4,7-8H2,1-3H3. The van der Waals surface area contributed by atoms with Gasteiger partial charge in [-0.15, -0.1) is 11.3 Å². The highest BCUT2D eigenvalue weighted by Crippen LogP contribution is 2.32. The first kappa shape index (κ1) is 13.6. The highest BCUT2D eigenvalue weighted by Gasteiger charge is 2.20. The summed E-state index contributed by atoms with van der Waals surface area (Å²) in [6.07, 6.45) is 1.01. The second kappa shape index (κ2) is 5.54. The van der Waals surface area contributed by atoms with Crippen LogP contribution in [-0.2, 0) is 6.42 Å². The monoisotopic (exact) mass is 288 g/mol. The minimum Gasteiger partial charge on any atom is -0.493 e. The van der Waals surface area contributed by atoms with Gasteiger partial charge in [0.25, 0.3) is 0 Å². The van der Waals surface area contributed by atoms with Gasteiger partial charge in [-0.3, -0.25) is 0 Å². The van der Waals surface area contributed by atoms with Gasteiger partial charge in [-0.1, -0.05) is 13.0 Å². The summed E-state index contributed by atoms with van der Waals surface area (Å²) in [5.74, 6) is 1.04.